The number of hydrogen-bond acceptors (Lipinski definition) is 7. The normalized spacial score (nSPS) is 16.5. The molecule has 11 heavy (non-hydrogen) atoms. The molecule has 0 amide bonds. The third-order valence-electron chi connectivity index (χ3n) is 1.07. The fourth-order valence-electron chi connectivity index (χ4n) is 0.613. The summed E-state index contributed by atoms with van der Waals surface area (Å²) in [6, 6.07) is 0. The summed E-state index contributed by atoms with van der Waals surface area (Å²) in [4.78, 5) is 0. The minimum Gasteiger partial charge on any atom is -0.480 e. The number of hydrazone groups is 1. The number of methoxy groups -OCH3 is 1. The van der Waals surface area contributed by atoms with Gasteiger partial charge in [-0.3, -0.25) is 5.43 Å². The van der Waals surface area contributed by atoms with E-state index in [1.807, 2.05) is 0 Å². The molecule has 1 aliphatic rings. The third kappa shape index (κ3) is 1.72. The number of nitrogens with one attached hydrogen (secondary N) is 2. The monoisotopic (exact) mass is 158 g/mol. The van der Waals surface area contributed by atoms with Crippen LogP contribution in [0.15, 0.2) is 17.0 Å². The van der Waals surface area contributed by atoms with Gasteiger partial charge in [-0.15, -0.1) is 10.3 Å². The van der Waals surface area contributed by atoms with E-state index in [1.165, 1.54) is 7.11 Å². The molecule has 0 spiro atoms. The molecule has 7 heteroatoms. The van der Waals surface area contributed by atoms with E-state index >= 15 is 0 Å². The van der Waals surface area contributed by atoms with Crippen molar-refractivity contribution in [3.05, 3.63) is 11.9 Å². The second-order valence-electron chi connectivity index (χ2n) is 1.80. The van der Waals surface area contributed by atoms with Crippen LogP contribution in [0.3, 0.4) is 0 Å². The zero-order valence-electron chi connectivity index (χ0n) is 6.03. The van der Waals surface area contributed by atoms with Gasteiger partial charge in [0.1, 0.15) is 5.82 Å². The molecule has 1 heterocycles. The van der Waals surface area contributed by atoms with E-state index in [9.17, 15) is 0 Å². The molecule has 7 nitrogen and oxygen atoms in total. The Morgan fingerprint density at radius 1 is 1.82 bits per heavy atom. The van der Waals surface area contributed by atoms with Crippen LogP contribution >= 0.6 is 0 Å². The zero-order valence-corrected chi connectivity index (χ0v) is 6.03. The van der Waals surface area contributed by atoms with E-state index in [0.29, 0.717) is 11.7 Å². The lowest BCUT2D eigenvalue weighted by atomic mass is 10.5. The van der Waals surface area contributed by atoms with Crippen LogP contribution in [-0.4, -0.2) is 18.2 Å². The van der Waals surface area contributed by atoms with Crippen molar-refractivity contribution in [2.75, 3.05) is 7.11 Å². The largest absolute Gasteiger partial charge is 0.480 e. The number of hydrogen-bond donors (Lipinski definition) is 4. The molecule has 0 bridgehead atoms. The van der Waals surface area contributed by atoms with Gasteiger partial charge in [-0.25, -0.2) is 11.7 Å². The highest BCUT2D eigenvalue weighted by Gasteiger charge is 2.08. The Labute approximate surface area is 63.6 Å². The first-order valence-electron chi connectivity index (χ1n) is 2.88. The molecular weight excluding hydrogens is 148 g/mol. The van der Waals surface area contributed by atoms with Crippen molar-refractivity contribution in [3.8, 4) is 0 Å². The summed E-state index contributed by atoms with van der Waals surface area (Å²) in [5.74, 6) is 11.3. The Hall–Kier alpha value is -1.47. The van der Waals surface area contributed by atoms with Crippen molar-refractivity contribution in [1.82, 2.24) is 16.1 Å². The van der Waals surface area contributed by atoms with Gasteiger partial charge < -0.3 is 10.2 Å². The van der Waals surface area contributed by atoms with Crippen molar-refractivity contribution < 1.29 is 4.74 Å². The predicted molar refractivity (Wildman–Crippen MR) is 39.0 cm³/mol. The van der Waals surface area contributed by atoms with E-state index in [0.717, 1.165) is 5.23 Å². The lowest BCUT2D eigenvalue weighted by Gasteiger charge is -2.21. The molecule has 0 aromatic rings. The molecule has 0 atom stereocenters. The summed E-state index contributed by atoms with van der Waals surface area (Å²) in [5.41, 5.74) is 4.96. The quantitative estimate of drug-likeness (QED) is 0.259. The van der Waals surface area contributed by atoms with E-state index < -0.39 is 0 Å². The number of ether oxygens (including phenoxy) is 1. The number of nitrogens with two attached hydrogens (primary N) is 2. The molecule has 0 saturated heterocycles. The highest BCUT2D eigenvalue weighted by Crippen LogP contribution is 1.95. The van der Waals surface area contributed by atoms with Crippen molar-refractivity contribution in [3.63, 3.8) is 0 Å². The predicted octanol–water partition coefficient (Wildman–Crippen LogP) is -2.06. The summed E-state index contributed by atoms with van der Waals surface area (Å²) in [6.07, 6.45) is 1.57. The molecule has 0 unspecified atom stereocenters. The van der Waals surface area contributed by atoms with Gasteiger partial charge in [0.25, 0.3) is 0 Å². The molecule has 0 fully saturated rings. The minimum atomic E-state index is 0.374. The summed E-state index contributed by atoms with van der Waals surface area (Å²) in [7, 11) is 1.49. The molecule has 1 rings (SSSR count). The maximum absolute atomic E-state index is 5.28. The maximum Gasteiger partial charge on any atom is 0.237 e. The SMILES string of the molecule is COC1=NN(N)NC(NN)=C1. The van der Waals surface area contributed by atoms with E-state index in [2.05, 4.69) is 16.0 Å². The van der Waals surface area contributed by atoms with Crippen molar-refractivity contribution >= 4 is 5.90 Å². The van der Waals surface area contributed by atoms with Gasteiger partial charge in [0.2, 0.25) is 5.90 Å². The van der Waals surface area contributed by atoms with E-state index in [-0.39, 0.29) is 0 Å². The van der Waals surface area contributed by atoms with Crippen LogP contribution in [0.25, 0.3) is 0 Å². The first-order chi connectivity index (χ1) is 5.26. The fourth-order valence-corrected chi connectivity index (χ4v) is 0.613. The van der Waals surface area contributed by atoms with Crippen LogP contribution in [0, 0.1) is 0 Å². The number of nitrogens with zero attached hydrogens (tertiary/aromatic N) is 2. The average Bonchev–Trinajstić information content (AvgIpc) is 2.03. The molecule has 0 aromatic carbocycles. The van der Waals surface area contributed by atoms with Gasteiger partial charge >= 0.3 is 0 Å². The van der Waals surface area contributed by atoms with Crippen molar-refractivity contribution in [1.29, 1.82) is 0 Å². The Kier molecular flexibility index (Phi) is 2.14. The fraction of sp³-hybridized carbons (Fsp3) is 0.250. The molecule has 0 aromatic heterocycles. The smallest absolute Gasteiger partial charge is 0.237 e. The third-order valence-corrected chi connectivity index (χ3v) is 1.07. The Bertz CT molecular complexity index is 199. The molecule has 62 valence electrons. The van der Waals surface area contributed by atoms with Crippen LogP contribution in [-0.2, 0) is 4.74 Å². The van der Waals surface area contributed by atoms with Crippen LogP contribution < -0.4 is 22.5 Å². The highest BCUT2D eigenvalue weighted by atomic mass is 16.5. The van der Waals surface area contributed by atoms with Gasteiger partial charge in [-0.1, -0.05) is 0 Å². The maximum atomic E-state index is 5.28. The first kappa shape index (κ1) is 7.63. The standard InChI is InChI=1S/C4H10N6O/c1-11-4-2-3(7-5)8-10(6)9-4/h2,7-8H,5-6H2,1H3. The average molecular weight is 158 g/mol. The van der Waals surface area contributed by atoms with E-state index in [4.69, 9.17) is 16.4 Å². The van der Waals surface area contributed by atoms with Gasteiger partial charge in [0.05, 0.1) is 7.11 Å². The minimum absolute atomic E-state index is 0.374. The second-order valence-corrected chi connectivity index (χ2v) is 1.80. The molecule has 6 N–H and O–H groups in total. The van der Waals surface area contributed by atoms with Crippen LogP contribution in [0.5, 0.6) is 0 Å². The van der Waals surface area contributed by atoms with Crippen LogP contribution in [0.2, 0.25) is 0 Å². The molecule has 0 radical (unpaired) electrons. The first-order valence-corrected chi connectivity index (χ1v) is 2.88. The molecule has 0 aliphatic carbocycles. The lowest BCUT2D eigenvalue weighted by molar-refractivity contribution is 0.204. The summed E-state index contributed by atoms with van der Waals surface area (Å²) < 4.78 is 4.81. The second kappa shape index (κ2) is 3.08. The Morgan fingerprint density at radius 2 is 2.55 bits per heavy atom. The summed E-state index contributed by atoms with van der Waals surface area (Å²) >= 11 is 0. The summed E-state index contributed by atoms with van der Waals surface area (Å²) in [5, 5.41) is 4.72. The molecular formula is C4H10N6O. The summed E-state index contributed by atoms with van der Waals surface area (Å²) in [6.45, 7) is 0. The van der Waals surface area contributed by atoms with Gasteiger partial charge in [-0.2, -0.15) is 0 Å². The lowest BCUT2D eigenvalue weighted by Crippen LogP contribution is -2.47. The van der Waals surface area contributed by atoms with Crippen LogP contribution in [0.1, 0.15) is 0 Å². The van der Waals surface area contributed by atoms with Gasteiger partial charge in [0.15, 0.2) is 0 Å². The Balaban J connectivity index is 2.71. The van der Waals surface area contributed by atoms with E-state index in [1.54, 1.807) is 6.08 Å². The van der Waals surface area contributed by atoms with Crippen LogP contribution in [0.4, 0.5) is 0 Å². The topological polar surface area (TPSA) is 101 Å². The van der Waals surface area contributed by atoms with Crippen molar-refractivity contribution in [2.24, 2.45) is 16.8 Å². The zero-order chi connectivity index (χ0) is 8.27. The Morgan fingerprint density at radius 3 is 3.09 bits per heavy atom. The van der Waals surface area contributed by atoms with Gasteiger partial charge in [-0.05, 0) is 0 Å². The highest BCUT2D eigenvalue weighted by molar-refractivity contribution is 5.88. The number of hydrazine groups is 3. The molecule has 0 saturated carbocycles. The molecule has 1 aliphatic heterocycles. The number of rotatable bonds is 1. The van der Waals surface area contributed by atoms with Gasteiger partial charge in [0, 0.05) is 6.08 Å². The van der Waals surface area contributed by atoms with Crippen molar-refractivity contribution in [2.45, 2.75) is 0 Å².